The first-order valence-corrected chi connectivity index (χ1v) is 16.9. The Morgan fingerprint density at radius 3 is 1.24 bits per heavy atom. The normalized spacial score (nSPS) is 11.2. The van der Waals surface area contributed by atoms with Gasteiger partial charge in [-0.2, -0.15) is 0 Å². The zero-order chi connectivity index (χ0) is 33.3. The summed E-state index contributed by atoms with van der Waals surface area (Å²) in [6, 6.07) is 65.9. The van der Waals surface area contributed by atoms with Gasteiger partial charge in [0.05, 0.1) is 0 Å². The van der Waals surface area contributed by atoms with Crippen molar-refractivity contribution in [3.63, 3.8) is 0 Å². The topological polar surface area (TPSA) is 38.7 Å². The van der Waals surface area contributed by atoms with Crippen LogP contribution in [-0.4, -0.2) is 15.0 Å². The van der Waals surface area contributed by atoms with Gasteiger partial charge in [-0.3, -0.25) is 0 Å². The molecular weight excluding hydrogens is 607 g/mol. The van der Waals surface area contributed by atoms with Crippen molar-refractivity contribution in [2.75, 3.05) is 0 Å². The molecule has 9 aromatic rings. The van der Waals surface area contributed by atoms with Crippen molar-refractivity contribution >= 4 is 21.5 Å². The van der Waals surface area contributed by atoms with E-state index in [1.165, 1.54) is 32.8 Å². The Hall–Kier alpha value is -6.71. The van der Waals surface area contributed by atoms with E-state index in [1.807, 2.05) is 24.3 Å². The lowest BCUT2D eigenvalue weighted by atomic mass is 9.91. The van der Waals surface area contributed by atoms with Gasteiger partial charge in [0.2, 0.25) is 0 Å². The summed E-state index contributed by atoms with van der Waals surface area (Å²) in [5, 5.41) is 4.75. The highest BCUT2D eigenvalue weighted by Crippen LogP contribution is 2.38. The maximum atomic E-state index is 5.16. The van der Waals surface area contributed by atoms with Crippen molar-refractivity contribution in [1.29, 1.82) is 0 Å². The van der Waals surface area contributed by atoms with Crippen molar-refractivity contribution in [2.24, 2.45) is 0 Å². The molecule has 0 unspecified atom stereocenters. The van der Waals surface area contributed by atoms with Gasteiger partial charge in [-0.05, 0) is 67.1 Å². The largest absolute Gasteiger partial charge is 0.208 e. The summed E-state index contributed by atoms with van der Waals surface area (Å²) < 4.78 is 0. The van der Waals surface area contributed by atoms with E-state index in [4.69, 9.17) is 15.0 Å². The lowest BCUT2D eigenvalue weighted by Gasteiger charge is -2.14. The summed E-state index contributed by atoms with van der Waals surface area (Å²) in [6.45, 7) is 0. The lowest BCUT2D eigenvalue weighted by molar-refractivity contribution is 1.07. The fraction of sp³-hybridized carbons (Fsp3) is 0. The molecule has 0 radical (unpaired) electrons. The van der Waals surface area contributed by atoms with Crippen molar-refractivity contribution < 1.29 is 0 Å². The molecule has 0 bridgehead atoms. The van der Waals surface area contributed by atoms with Crippen molar-refractivity contribution in [3.8, 4) is 67.5 Å². The molecule has 3 nitrogen and oxygen atoms in total. The molecule has 0 N–H and O–H groups in total. The second-order valence-corrected chi connectivity index (χ2v) is 12.5. The molecule has 234 valence electrons. The van der Waals surface area contributed by atoms with Crippen LogP contribution in [-0.2, 0) is 0 Å². The van der Waals surface area contributed by atoms with E-state index >= 15 is 0 Å². The Kier molecular flexibility index (Phi) is 7.49. The maximum absolute atomic E-state index is 5.16. The van der Waals surface area contributed by atoms with Crippen LogP contribution in [0.3, 0.4) is 0 Å². The van der Waals surface area contributed by atoms with Crippen molar-refractivity contribution in [3.05, 3.63) is 188 Å². The first-order valence-electron chi connectivity index (χ1n) is 16.9. The zero-order valence-electron chi connectivity index (χ0n) is 27.2. The molecule has 9 rings (SSSR count). The second-order valence-electron chi connectivity index (χ2n) is 12.5. The monoisotopic (exact) mass is 637 g/mol. The quantitative estimate of drug-likeness (QED) is 0.170. The molecule has 0 amide bonds. The van der Waals surface area contributed by atoms with Gasteiger partial charge in [-0.1, -0.05) is 176 Å². The minimum atomic E-state index is 0.637. The number of hydrogen-bond acceptors (Lipinski definition) is 3. The molecule has 0 aliphatic rings. The molecule has 0 aliphatic carbocycles. The predicted molar refractivity (Wildman–Crippen MR) is 207 cm³/mol. The Morgan fingerprint density at radius 2 is 0.660 bits per heavy atom. The Balaban J connectivity index is 1.24. The summed E-state index contributed by atoms with van der Waals surface area (Å²) in [6.07, 6.45) is 0. The summed E-state index contributed by atoms with van der Waals surface area (Å²) in [5.74, 6) is 1.92. The average Bonchev–Trinajstić information content (AvgIpc) is 3.21. The van der Waals surface area contributed by atoms with Crippen LogP contribution in [0.4, 0.5) is 0 Å². The van der Waals surface area contributed by atoms with Crippen LogP contribution in [0.5, 0.6) is 0 Å². The van der Waals surface area contributed by atoms with Gasteiger partial charge in [0, 0.05) is 16.7 Å². The highest BCUT2D eigenvalue weighted by atomic mass is 15.0. The minimum absolute atomic E-state index is 0.637. The molecule has 1 aromatic heterocycles. The van der Waals surface area contributed by atoms with Gasteiger partial charge in [0.25, 0.3) is 0 Å². The smallest absolute Gasteiger partial charge is 0.164 e. The standard InChI is InChI=1S/C47H31N3/c1-4-12-32(13-5-1)34-20-24-37(25-21-34)43-30-40(31-44-41-19-11-10-16-36(41)28-29-42(43)44)47-49-45(38-17-8-3-9-18-38)48-46(50-47)39-26-22-35(23-27-39)33-14-6-2-7-15-33/h1-31H. The Morgan fingerprint density at radius 1 is 0.240 bits per heavy atom. The molecule has 8 aromatic carbocycles. The molecule has 0 atom stereocenters. The molecule has 0 saturated heterocycles. The minimum Gasteiger partial charge on any atom is -0.208 e. The first-order chi connectivity index (χ1) is 24.8. The van der Waals surface area contributed by atoms with Gasteiger partial charge >= 0.3 is 0 Å². The molecule has 0 fully saturated rings. The van der Waals surface area contributed by atoms with Gasteiger partial charge in [-0.15, -0.1) is 0 Å². The fourth-order valence-electron chi connectivity index (χ4n) is 6.75. The van der Waals surface area contributed by atoms with Crippen LogP contribution >= 0.6 is 0 Å². The van der Waals surface area contributed by atoms with Crippen LogP contribution in [0.1, 0.15) is 0 Å². The maximum Gasteiger partial charge on any atom is 0.164 e. The van der Waals surface area contributed by atoms with E-state index in [9.17, 15) is 0 Å². The van der Waals surface area contributed by atoms with Gasteiger partial charge < -0.3 is 0 Å². The third-order valence-corrected chi connectivity index (χ3v) is 9.34. The Labute approximate surface area is 291 Å². The molecular formula is C47H31N3. The van der Waals surface area contributed by atoms with Crippen LogP contribution in [0, 0.1) is 0 Å². The van der Waals surface area contributed by atoms with E-state index in [0.29, 0.717) is 17.5 Å². The number of hydrogen-bond donors (Lipinski definition) is 0. The number of benzene rings is 8. The third-order valence-electron chi connectivity index (χ3n) is 9.34. The summed E-state index contributed by atoms with van der Waals surface area (Å²) in [4.78, 5) is 15.3. The predicted octanol–water partition coefficient (Wildman–Crippen LogP) is 12.2. The van der Waals surface area contributed by atoms with Gasteiger partial charge in [-0.25, -0.2) is 15.0 Å². The Bertz CT molecular complexity index is 2600. The van der Waals surface area contributed by atoms with E-state index in [0.717, 1.165) is 38.8 Å². The van der Waals surface area contributed by atoms with Crippen LogP contribution in [0.2, 0.25) is 0 Å². The first kappa shape index (κ1) is 29.4. The molecule has 0 aliphatic heterocycles. The highest BCUT2D eigenvalue weighted by molar-refractivity contribution is 6.13. The molecule has 0 saturated carbocycles. The summed E-state index contributed by atoms with van der Waals surface area (Å²) in [5.41, 5.74) is 9.82. The lowest BCUT2D eigenvalue weighted by Crippen LogP contribution is -2.00. The average molecular weight is 638 g/mol. The summed E-state index contributed by atoms with van der Waals surface area (Å²) >= 11 is 0. The highest BCUT2D eigenvalue weighted by Gasteiger charge is 2.16. The van der Waals surface area contributed by atoms with Crippen LogP contribution < -0.4 is 0 Å². The number of nitrogens with zero attached hydrogens (tertiary/aromatic N) is 3. The number of fused-ring (bicyclic) bond motifs is 3. The van der Waals surface area contributed by atoms with Crippen molar-refractivity contribution in [2.45, 2.75) is 0 Å². The molecule has 3 heteroatoms. The zero-order valence-corrected chi connectivity index (χ0v) is 27.2. The van der Waals surface area contributed by atoms with Crippen LogP contribution in [0.15, 0.2) is 188 Å². The second kappa shape index (κ2) is 12.7. The van der Waals surface area contributed by atoms with Crippen molar-refractivity contribution in [1.82, 2.24) is 15.0 Å². The van der Waals surface area contributed by atoms with E-state index < -0.39 is 0 Å². The molecule has 0 spiro atoms. The summed E-state index contributed by atoms with van der Waals surface area (Å²) in [7, 11) is 0. The molecule has 1 heterocycles. The van der Waals surface area contributed by atoms with Crippen LogP contribution in [0.25, 0.3) is 89.1 Å². The number of rotatable bonds is 6. The van der Waals surface area contributed by atoms with E-state index in [1.54, 1.807) is 0 Å². The third kappa shape index (κ3) is 5.61. The number of aromatic nitrogens is 3. The SMILES string of the molecule is c1ccc(-c2ccc(-c3nc(-c4ccccc4)nc(-c4cc(-c5ccc(-c6ccccc6)cc5)c5ccc6ccccc6c5c4)n3)cc2)cc1. The molecule has 50 heavy (non-hydrogen) atoms. The van der Waals surface area contributed by atoms with E-state index in [-0.39, 0.29) is 0 Å². The van der Waals surface area contributed by atoms with E-state index in [2.05, 4.69) is 164 Å². The van der Waals surface area contributed by atoms with Gasteiger partial charge in [0.15, 0.2) is 17.5 Å². The van der Waals surface area contributed by atoms with Gasteiger partial charge in [0.1, 0.15) is 0 Å². The fourth-order valence-corrected chi connectivity index (χ4v) is 6.75.